The van der Waals surface area contributed by atoms with Gasteiger partial charge in [0.05, 0.1) is 10.6 Å². The highest BCUT2D eigenvalue weighted by Crippen LogP contribution is 2.29. The van der Waals surface area contributed by atoms with Crippen LogP contribution in [-0.2, 0) is 0 Å². The Balaban J connectivity index is 1.75. The van der Waals surface area contributed by atoms with Crippen LogP contribution in [0.2, 0.25) is 5.02 Å². The fourth-order valence-electron chi connectivity index (χ4n) is 2.64. The molecule has 1 aromatic heterocycles. The van der Waals surface area contributed by atoms with Crippen molar-refractivity contribution in [3.63, 3.8) is 0 Å². The summed E-state index contributed by atoms with van der Waals surface area (Å²) >= 11 is 7.08. The molecule has 3 aromatic rings. The molecular weight excluding hydrogens is 398 g/mol. The van der Waals surface area contributed by atoms with E-state index in [9.17, 15) is 14.9 Å². The monoisotopic (exact) mass is 415 g/mol. The van der Waals surface area contributed by atoms with Crippen molar-refractivity contribution in [3.05, 3.63) is 74.1 Å². The van der Waals surface area contributed by atoms with Crippen molar-refractivity contribution in [1.82, 2.24) is 4.98 Å². The molecule has 3 rings (SSSR count). The first kappa shape index (κ1) is 20.0. The van der Waals surface area contributed by atoms with Gasteiger partial charge in [-0.3, -0.25) is 20.2 Å². The third kappa shape index (κ3) is 4.37. The number of nitro benzene ring substituents is 1. The molecule has 0 bridgehead atoms. The number of carbonyl (C=O) groups excluding carboxylic acids is 1. The van der Waals surface area contributed by atoms with Crippen molar-refractivity contribution in [2.45, 2.75) is 26.2 Å². The number of nitro groups is 1. The maximum absolute atomic E-state index is 12.4. The molecule has 0 saturated carbocycles. The third-order valence-electron chi connectivity index (χ3n) is 4.52. The van der Waals surface area contributed by atoms with Gasteiger partial charge in [0.25, 0.3) is 11.6 Å². The summed E-state index contributed by atoms with van der Waals surface area (Å²) in [5.41, 5.74) is 2.84. The second kappa shape index (κ2) is 8.50. The van der Waals surface area contributed by atoms with Gasteiger partial charge in [-0.2, -0.15) is 0 Å². The molecule has 0 aliphatic rings. The summed E-state index contributed by atoms with van der Waals surface area (Å²) in [5, 5.41) is 15.9. The van der Waals surface area contributed by atoms with E-state index in [1.165, 1.54) is 29.0 Å². The number of rotatable bonds is 6. The number of carbonyl (C=O) groups is 1. The number of benzene rings is 2. The molecule has 144 valence electrons. The average molecular weight is 416 g/mol. The minimum Gasteiger partial charge on any atom is -0.298 e. The Morgan fingerprint density at radius 1 is 1.29 bits per heavy atom. The molecule has 8 heteroatoms. The van der Waals surface area contributed by atoms with Crippen LogP contribution >= 0.6 is 22.9 Å². The van der Waals surface area contributed by atoms with E-state index in [2.05, 4.69) is 36.3 Å². The van der Waals surface area contributed by atoms with E-state index >= 15 is 0 Å². The number of amides is 1. The van der Waals surface area contributed by atoms with E-state index in [1.54, 1.807) is 0 Å². The molecular formula is C20H18ClN3O3S. The standard InChI is InChI=1S/C20H18ClN3O3S/c1-3-12(2)13-4-6-14(7-5-13)17-11-28-20(22-17)23-19(25)15-8-9-16(21)18(10-15)24(26)27/h4-12H,3H2,1-2H3,(H,22,23,25)/t12-/m1/s1. The quantitative estimate of drug-likeness (QED) is 0.387. The predicted octanol–water partition coefficient (Wildman–Crippen LogP) is 6.14. The van der Waals surface area contributed by atoms with Gasteiger partial charge < -0.3 is 0 Å². The Morgan fingerprint density at radius 2 is 2.00 bits per heavy atom. The lowest BCUT2D eigenvalue weighted by Crippen LogP contribution is -2.12. The molecule has 28 heavy (non-hydrogen) atoms. The highest BCUT2D eigenvalue weighted by atomic mass is 35.5. The molecule has 0 aliphatic carbocycles. The van der Waals surface area contributed by atoms with Crippen molar-refractivity contribution in [1.29, 1.82) is 0 Å². The highest BCUT2D eigenvalue weighted by Gasteiger charge is 2.17. The molecule has 2 aromatic carbocycles. The molecule has 1 N–H and O–H groups in total. The van der Waals surface area contributed by atoms with Gasteiger partial charge in [0.1, 0.15) is 5.02 Å². The van der Waals surface area contributed by atoms with Crippen LogP contribution in [0, 0.1) is 10.1 Å². The van der Waals surface area contributed by atoms with Crippen LogP contribution in [0.15, 0.2) is 47.8 Å². The Labute approximate surface area is 171 Å². The molecule has 0 unspecified atom stereocenters. The number of thiazole rings is 1. The molecule has 0 fully saturated rings. The lowest BCUT2D eigenvalue weighted by atomic mass is 9.97. The van der Waals surface area contributed by atoms with E-state index in [1.807, 2.05) is 17.5 Å². The molecule has 0 radical (unpaired) electrons. The molecule has 0 spiro atoms. The van der Waals surface area contributed by atoms with Crippen LogP contribution in [0.3, 0.4) is 0 Å². The van der Waals surface area contributed by atoms with Crippen molar-refractivity contribution in [3.8, 4) is 11.3 Å². The largest absolute Gasteiger partial charge is 0.298 e. The zero-order valence-electron chi connectivity index (χ0n) is 15.3. The molecule has 0 saturated heterocycles. The molecule has 1 atom stereocenters. The topological polar surface area (TPSA) is 85.1 Å². The third-order valence-corrected chi connectivity index (χ3v) is 5.59. The molecule has 1 heterocycles. The zero-order chi connectivity index (χ0) is 20.3. The van der Waals surface area contributed by atoms with E-state index in [0.29, 0.717) is 11.0 Å². The first-order valence-corrected chi connectivity index (χ1v) is 9.96. The van der Waals surface area contributed by atoms with Crippen LogP contribution in [0.5, 0.6) is 0 Å². The number of aromatic nitrogens is 1. The Hall–Kier alpha value is -2.77. The van der Waals surface area contributed by atoms with Crippen LogP contribution < -0.4 is 5.32 Å². The summed E-state index contributed by atoms with van der Waals surface area (Å²) in [6.45, 7) is 4.34. The van der Waals surface area contributed by atoms with Crippen LogP contribution in [0.25, 0.3) is 11.3 Å². The number of hydrogen-bond acceptors (Lipinski definition) is 5. The summed E-state index contributed by atoms with van der Waals surface area (Å²) < 4.78 is 0. The fraction of sp³-hybridized carbons (Fsp3) is 0.200. The predicted molar refractivity (Wildman–Crippen MR) is 112 cm³/mol. The highest BCUT2D eigenvalue weighted by molar-refractivity contribution is 7.14. The molecule has 0 aliphatic heterocycles. The van der Waals surface area contributed by atoms with Gasteiger partial charge in [-0.05, 0) is 30.0 Å². The van der Waals surface area contributed by atoms with Gasteiger partial charge in [-0.1, -0.05) is 49.7 Å². The van der Waals surface area contributed by atoms with Crippen molar-refractivity contribution < 1.29 is 9.72 Å². The summed E-state index contributed by atoms with van der Waals surface area (Å²) in [6.07, 6.45) is 1.08. The van der Waals surface area contributed by atoms with Gasteiger partial charge in [-0.25, -0.2) is 4.98 Å². The first-order chi connectivity index (χ1) is 13.4. The summed E-state index contributed by atoms with van der Waals surface area (Å²) in [4.78, 5) is 27.2. The van der Waals surface area contributed by atoms with Gasteiger partial charge in [0.2, 0.25) is 0 Å². The van der Waals surface area contributed by atoms with Crippen LogP contribution in [0.1, 0.15) is 42.1 Å². The van der Waals surface area contributed by atoms with Crippen molar-refractivity contribution >= 4 is 39.7 Å². The van der Waals surface area contributed by atoms with E-state index in [0.717, 1.165) is 23.7 Å². The van der Waals surface area contributed by atoms with E-state index in [-0.39, 0.29) is 16.3 Å². The fourth-order valence-corrected chi connectivity index (χ4v) is 3.55. The minimum atomic E-state index is -0.621. The second-order valence-corrected chi connectivity index (χ2v) is 7.61. The second-order valence-electron chi connectivity index (χ2n) is 6.35. The number of hydrogen-bond donors (Lipinski definition) is 1. The van der Waals surface area contributed by atoms with Crippen LogP contribution in [0.4, 0.5) is 10.8 Å². The smallest absolute Gasteiger partial charge is 0.288 e. The minimum absolute atomic E-state index is 0.0149. The Bertz CT molecular complexity index is 1020. The van der Waals surface area contributed by atoms with E-state index < -0.39 is 10.8 Å². The number of nitrogens with one attached hydrogen (secondary N) is 1. The lowest BCUT2D eigenvalue weighted by Gasteiger charge is -2.08. The van der Waals surface area contributed by atoms with E-state index in [4.69, 9.17) is 11.6 Å². The number of halogens is 1. The summed E-state index contributed by atoms with van der Waals surface area (Å²) in [5.74, 6) is 0.0237. The number of nitrogens with zero attached hydrogens (tertiary/aromatic N) is 2. The Kier molecular flexibility index (Phi) is 6.06. The van der Waals surface area contributed by atoms with Gasteiger partial charge in [0, 0.05) is 22.6 Å². The summed E-state index contributed by atoms with van der Waals surface area (Å²) in [7, 11) is 0. The Morgan fingerprint density at radius 3 is 2.64 bits per heavy atom. The molecule has 6 nitrogen and oxygen atoms in total. The maximum Gasteiger partial charge on any atom is 0.288 e. The summed E-state index contributed by atoms with van der Waals surface area (Å²) in [6, 6.07) is 12.1. The zero-order valence-corrected chi connectivity index (χ0v) is 16.9. The first-order valence-electron chi connectivity index (χ1n) is 8.70. The lowest BCUT2D eigenvalue weighted by molar-refractivity contribution is -0.384. The van der Waals surface area contributed by atoms with Gasteiger partial charge in [0.15, 0.2) is 5.13 Å². The maximum atomic E-state index is 12.4. The van der Waals surface area contributed by atoms with Crippen molar-refractivity contribution in [2.75, 3.05) is 5.32 Å². The SMILES string of the molecule is CC[C@@H](C)c1ccc(-c2csc(NC(=O)c3ccc(Cl)c([N+](=O)[O-])c3)n2)cc1. The normalized spacial score (nSPS) is 11.8. The van der Waals surface area contributed by atoms with Gasteiger partial charge >= 0.3 is 0 Å². The van der Waals surface area contributed by atoms with Crippen molar-refractivity contribution in [2.24, 2.45) is 0 Å². The van der Waals surface area contributed by atoms with Gasteiger partial charge in [-0.15, -0.1) is 11.3 Å². The average Bonchev–Trinajstić information content (AvgIpc) is 3.16. The number of anilines is 1. The van der Waals surface area contributed by atoms with Crippen LogP contribution in [-0.4, -0.2) is 15.8 Å². The molecule has 1 amide bonds.